The van der Waals surface area contributed by atoms with Gasteiger partial charge in [-0.3, -0.25) is 0 Å². The molecule has 0 saturated carbocycles. The van der Waals surface area contributed by atoms with Gasteiger partial charge in [-0.2, -0.15) is 0 Å². The van der Waals surface area contributed by atoms with Crippen molar-refractivity contribution in [3.63, 3.8) is 0 Å². The number of rotatable bonds is 3. The second-order valence-electron chi connectivity index (χ2n) is 3.17. The zero-order chi connectivity index (χ0) is 9.84. The van der Waals surface area contributed by atoms with Gasteiger partial charge < -0.3 is 5.11 Å². The predicted octanol–water partition coefficient (Wildman–Crippen LogP) is 2.28. The number of aryl methyl sites for hydroxylation is 1. The number of aliphatic hydroxyl groups is 1. The van der Waals surface area contributed by atoms with Gasteiger partial charge >= 0.3 is 0 Å². The van der Waals surface area contributed by atoms with Gasteiger partial charge in [-0.05, 0) is 37.5 Å². The Morgan fingerprint density at radius 3 is 2.23 bits per heavy atom. The van der Waals surface area contributed by atoms with Crippen LogP contribution in [0.1, 0.15) is 18.9 Å². The van der Waals surface area contributed by atoms with Crippen molar-refractivity contribution in [3.8, 4) is 0 Å². The molecule has 0 radical (unpaired) electrons. The third-order valence-corrected chi connectivity index (χ3v) is 1.77. The van der Waals surface area contributed by atoms with E-state index in [1.165, 1.54) is 12.1 Å². The lowest BCUT2D eigenvalue weighted by molar-refractivity contribution is 0.185. The van der Waals surface area contributed by atoms with Crippen LogP contribution >= 0.6 is 0 Å². The van der Waals surface area contributed by atoms with E-state index in [0.717, 1.165) is 6.07 Å². The van der Waals surface area contributed by atoms with Crippen molar-refractivity contribution in [2.75, 3.05) is 0 Å². The van der Waals surface area contributed by atoms with Crippen molar-refractivity contribution in [2.45, 2.75) is 25.9 Å². The second-order valence-corrected chi connectivity index (χ2v) is 3.17. The van der Waals surface area contributed by atoms with Gasteiger partial charge in [0.2, 0.25) is 0 Å². The maximum atomic E-state index is 12.6. The van der Waals surface area contributed by atoms with Gasteiger partial charge in [-0.15, -0.1) is 0 Å². The van der Waals surface area contributed by atoms with Crippen LogP contribution in [0.15, 0.2) is 18.2 Å². The number of benzene rings is 1. The standard InChI is InChI=1S/C10H12F2O/c1-7(13)2-3-8-4-9(11)6-10(12)5-8/h4-7,13H,2-3H2,1H3/t7-/m1/s1. The van der Waals surface area contributed by atoms with Gasteiger partial charge in [0.15, 0.2) is 0 Å². The molecule has 0 amide bonds. The Morgan fingerprint density at radius 2 is 1.77 bits per heavy atom. The van der Waals surface area contributed by atoms with Crippen LogP contribution < -0.4 is 0 Å². The maximum absolute atomic E-state index is 12.6. The van der Waals surface area contributed by atoms with E-state index in [4.69, 9.17) is 5.11 Å². The summed E-state index contributed by atoms with van der Waals surface area (Å²) in [5, 5.41) is 8.96. The van der Waals surface area contributed by atoms with Crippen molar-refractivity contribution in [2.24, 2.45) is 0 Å². The Hall–Kier alpha value is -0.960. The fourth-order valence-corrected chi connectivity index (χ4v) is 1.13. The van der Waals surface area contributed by atoms with Crippen molar-refractivity contribution in [1.29, 1.82) is 0 Å². The molecule has 1 atom stereocenters. The lowest BCUT2D eigenvalue weighted by Crippen LogP contribution is -2.01. The zero-order valence-electron chi connectivity index (χ0n) is 7.43. The number of halogens is 2. The highest BCUT2D eigenvalue weighted by atomic mass is 19.1. The molecule has 0 spiro atoms. The summed E-state index contributed by atoms with van der Waals surface area (Å²) in [4.78, 5) is 0. The van der Waals surface area contributed by atoms with Crippen LogP contribution in [0.25, 0.3) is 0 Å². The normalized spacial score (nSPS) is 12.9. The lowest BCUT2D eigenvalue weighted by Gasteiger charge is -2.04. The van der Waals surface area contributed by atoms with E-state index in [1.807, 2.05) is 0 Å². The van der Waals surface area contributed by atoms with Gasteiger partial charge in [0.05, 0.1) is 6.10 Å². The van der Waals surface area contributed by atoms with Gasteiger partial charge in [0.1, 0.15) is 11.6 Å². The van der Waals surface area contributed by atoms with Crippen LogP contribution in [0.4, 0.5) is 8.78 Å². The molecule has 0 aliphatic rings. The fraction of sp³-hybridized carbons (Fsp3) is 0.400. The summed E-state index contributed by atoms with van der Waals surface area (Å²) in [6.45, 7) is 1.65. The average Bonchev–Trinajstić information content (AvgIpc) is 1.99. The first kappa shape index (κ1) is 10.1. The summed E-state index contributed by atoms with van der Waals surface area (Å²) in [6.07, 6.45) is 0.571. The molecule has 1 aromatic rings. The van der Waals surface area contributed by atoms with Gasteiger partial charge in [-0.1, -0.05) is 0 Å². The molecule has 0 fully saturated rings. The largest absolute Gasteiger partial charge is 0.393 e. The number of hydrogen-bond donors (Lipinski definition) is 1. The molecule has 0 aliphatic heterocycles. The molecule has 13 heavy (non-hydrogen) atoms. The highest BCUT2D eigenvalue weighted by molar-refractivity contribution is 5.17. The summed E-state index contributed by atoms with van der Waals surface area (Å²) >= 11 is 0. The molecule has 1 rings (SSSR count). The quantitative estimate of drug-likeness (QED) is 0.767. The average molecular weight is 186 g/mol. The van der Waals surface area contributed by atoms with E-state index in [9.17, 15) is 8.78 Å². The Balaban J connectivity index is 2.66. The minimum Gasteiger partial charge on any atom is -0.393 e. The Labute approximate surface area is 76.0 Å². The van der Waals surface area contributed by atoms with Gasteiger partial charge in [0, 0.05) is 6.07 Å². The van der Waals surface area contributed by atoms with Gasteiger partial charge in [0.25, 0.3) is 0 Å². The molecule has 0 bridgehead atoms. The third kappa shape index (κ3) is 3.51. The molecule has 0 saturated heterocycles. The van der Waals surface area contributed by atoms with E-state index < -0.39 is 17.7 Å². The molecular weight excluding hydrogens is 174 g/mol. The fourth-order valence-electron chi connectivity index (χ4n) is 1.13. The van der Waals surface area contributed by atoms with Crippen molar-refractivity contribution < 1.29 is 13.9 Å². The van der Waals surface area contributed by atoms with Crippen molar-refractivity contribution >= 4 is 0 Å². The monoisotopic (exact) mass is 186 g/mol. The highest BCUT2D eigenvalue weighted by Crippen LogP contribution is 2.10. The lowest BCUT2D eigenvalue weighted by atomic mass is 10.1. The highest BCUT2D eigenvalue weighted by Gasteiger charge is 2.02. The van der Waals surface area contributed by atoms with Crippen LogP contribution in [0, 0.1) is 11.6 Å². The smallest absolute Gasteiger partial charge is 0.126 e. The first-order valence-corrected chi connectivity index (χ1v) is 4.21. The molecule has 72 valence electrons. The third-order valence-electron chi connectivity index (χ3n) is 1.77. The van der Waals surface area contributed by atoms with E-state index in [1.54, 1.807) is 6.92 Å². The number of aliphatic hydroxyl groups excluding tert-OH is 1. The molecule has 0 aliphatic carbocycles. The predicted molar refractivity (Wildman–Crippen MR) is 46.4 cm³/mol. The van der Waals surface area contributed by atoms with E-state index >= 15 is 0 Å². The molecule has 0 aromatic heterocycles. The minimum absolute atomic E-state index is 0.439. The van der Waals surface area contributed by atoms with Crippen LogP contribution in [0.3, 0.4) is 0 Å². The SMILES string of the molecule is C[C@@H](O)CCc1cc(F)cc(F)c1. The molecule has 1 N–H and O–H groups in total. The van der Waals surface area contributed by atoms with E-state index in [-0.39, 0.29) is 0 Å². The molecule has 1 nitrogen and oxygen atoms in total. The van der Waals surface area contributed by atoms with Crippen LogP contribution in [-0.2, 0) is 6.42 Å². The van der Waals surface area contributed by atoms with E-state index in [2.05, 4.69) is 0 Å². The zero-order valence-corrected chi connectivity index (χ0v) is 7.43. The molecule has 3 heteroatoms. The Morgan fingerprint density at radius 1 is 1.23 bits per heavy atom. The summed E-state index contributed by atoms with van der Waals surface area (Å²) < 4.78 is 25.3. The molecule has 0 heterocycles. The molecular formula is C10H12F2O. The summed E-state index contributed by atoms with van der Waals surface area (Å²) in [5.74, 6) is -1.14. The number of hydrogen-bond acceptors (Lipinski definition) is 1. The van der Waals surface area contributed by atoms with Crippen LogP contribution in [-0.4, -0.2) is 11.2 Å². The summed E-state index contributed by atoms with van der Waals surface area (Å²) in [6, 6.07) is 3.41. The Bertz CT molecular complexity index is 264. The minimum atomic E-state index is -0.569. The van der Waals surface area contributed by atoms with E-state index in [0.29, 0.717) is 18.4 Å². The topological polar surface area (TPSA) is 20.2 Å². The van der Waals surface area contributed by atoms with Crippen LogP contribution in [0.5, 0.6) is 0 Å². The van der Waals surface area contributed by atoms with Crippen molar-refractivity contribution in [1.82, 2.24) is 0 Å². The Kier molecular flexibility index (Phi) is 3.37. The first-order valence-electron chi connectivity index (χ1n) is 4.21. The summed E-state index contributed by atoms with van der Waals surface area (Å²) in [7, 11) is 0. The molecule has 0 unspecified atom stereocenters. The maximum Gasteiger partial charge on any atom is 0.126 e. The van der Waals surface area contributed by atoms with Crippen molar-refractivity contribution in [3.05, 3.63) is 35.4 Å². The van der Waals surface area contributed by atoms with Crippen LogP contribution in [0.2, 0.25) is 0 Å². The second kappa shape index (κ2) is 4.33. The molecule has 1 aromatic carbocycles. The summed E-state index contributed by atoms with van der Waals surface area (Å²) in [5.41, 5.74) is 0.582. The first-order chi connectivity index (χ1) is 6.08. The van der Waals surface area contributed by atoms with Gasteiger partial charge in [-0.25, -0.2) is 8.78 Å².